The molecule has 0 atom stereocenters. The first-order valence-electron chi connectivity index (χ1n) is 8.74. The summed E-state index contributed by atoms with van der Waals surface area (Å²) in [7, 11) is 1.61. The van der Waals surface area contributed by atoms with Crippen LogP contribution in [-0.2, 0) is 6.54 Å². The van der Waals surface area contributed by atoms with E-state index in [0.29, 0.717) is 23.6 Å². The average Bonchev–Trinajstić information content (AvgIpc) is 3.12. The van der Waals surface area contributed by atoms with Gasteiger partial charge in [-0.3, -0.25) is 4.79 Å². The van der Waals surface area contributed by atoms with Crippen molar-refractivity contribution >= 4 is 16.9 Å². The maximum atomic E-state index is 12.9. The molecule has 1 N–H and O–H groups in total. The van der Waals surface area contributed by atoms with Crippen LogP contribution in [0.25, 0.3) is 22.1 Å². The predicted octanol–water partition coefficient (Wildman–Crippen LogP) is 5.04. The van der Waals surface area contributed by atoms with Gasteiger partial charge in [-0.2, -0.15) is 0 Å². The molecule has 134 valence electrons. The number of hydrogen-bond donors (Lipinski definition) is 1. The molecule has 3 aromatic carbocycles. The molecule has 0 aliphatic heterocycles. The van der Waals surface area contributed by atoms with Gasteiger partial charge < -0.3 is 14.5 Å². The monoisotopic (exact) mass is 357 g/mol. The van der Waals surface area contributed by atoms with Crippen LogP contribution in [0, 0.1) is 0 Å². The largest absolute Gasteiger partial charge is 0.497 e. The maximum absolute atomic E-state index is 12.9. The first-order valence-corrected chi connectivity index (χ1v) is 8.74. The highest BCUT2D eigenvalue weighted by Crippen LogP contribution is 2.36. The lowest BCUT2D eigenvalue weighted by Gasteiger charge is -2.06. The number of benzene rings is 3. The predicted molar refractivity (Wildman–Crippen MR) is 106 cm³/mol. The van der Waals surface area contributed by atoms with Gasteiger partial charge in [0.1, 0.15) is 11.3 Å². The second-order valence-electron chi connectivity index (χ2n) is 6.20. The molecule has 0 spiro atoms. The highest BCUT2D eigenvalue weighted by Gasteiger charge is 2.22. The molecule has 4 rings (SSSR count). The Morgan fingerprint density at radius 2 is 1.67 bits per heavy atom. The van der Waals surface area contributed by atoms with Crippen molar-refractivity contribution in [3.8, 4) is 16.9 Å². The molecule has 1 amide bonds. The van der Waals surface area contributed by atoms with Crippen LogP contribution < -0.4 is 10.1 Å². The van der Waals surface area contributed by atoms with Crippen molar-refractivity contribution in [2.75, 3.05) is 7.11 Å². The van der Waals surface area contributed by atoms with Crippen LogP contribution in [0.2, 0.25) is 0 Å². The zero-order valence-electron chi connectivity index (χ0n) is 14.9. The first kappa shape index (κ1) is 16.9. The summed E-state index contributed by atoms with van der Waals surface area (Å²) in [5.74, 6) is 0.750. The molecule has 4 nitrogen and oxygen atoms in total. The van der Waals surface area contributed by atoms with Gasteiger partial charge in [0.15, 0.2) is 0 Å². The lowest BCUT2D eigenvalue weighted by molar-refractivity contribution is 0.0926. The Labute approximate surface area is 157 Å². The summed E-state index contributed by atoms with van der Waals surface area (Å²) in [5.41, 5.74) is 3.38. The molecule has 0 aliphatic carbocycles. The molecule has 0 saturated heterocycles. The van der Waals surface area contributed by atoms with E-state index < -0.39 is 0 Å². The third-order valence-corrected chi connectivity index (χ3v) is 4.46. The number of nitrogens with one attached hydrogen (secondary N) is 1. The van der Waals surface area contributed by atoms with Crippen molar-refractivity contribution in [3.05, 3.63) is 90.2 Å². The maximum Gasteiger partial charge on any atom is 0.287 e. The van der Waals surface area contributed by atoms with E-state index in [4.69, 9.17) is 9.15 Å². The average molecular weight is 357 g/mol. The van der Waals surface area contributed by atoms with Crippen molar-refractivity contribution in [2.24, 2.45) is 0 Å². The highest BCUT2D eigenvalue weighted by molar-refractivity contribution is 6.08. The Balaban J connectivity index is 1.75. The number of rotatable bonds is 5. The van der Waals surface area contributed by atoms with Crippen LogP contribution in [-0.4, -0.2) is 13.0 Å². The second-order valence-corrected chi connectivity index (χ2v) is 6.20. The number of amides is 1. The topological polar surface area (TPSA) is 51.5 Å². The molecule has 27 heavy (non-hydrogen) atoms. The Morgan fingerprint density at radius 3 is 2.37 bits per heavy atom. The van der Waals surface area contributed by atoms with Crippen LogP contribution in [0.4, 0.5) is 0 Å². The molecule has 4 heteroatoms. The van der Waals surface area contributed by atoms with Gasteiger partial charge >= 0.3 is 0 Å². The number of ether oxygens (including phenoxy) is 1. The molecule has 0 unspecified atom stereocenters. The third-order valence-electron chi connectivity index (χ3n) is 4.46. The lowest BCUT2D eigenvalue weighted by atomic mass is 10.0. The number of methoxy groups -OCH3 is 1. The van der Waals surface area contributed by atoms with Crippen LogP contribution in [0.5, 0.6) is 5.75 Å². The smallest absolute Gasteiger partial charge is 0.287 e. The lowest BCUT2D eigenvalue weighted by Crippen LogP contribution is -2.22. The van der Waals surface area contributed by atoms with E-state index in [1.54, 1.807) is 13.2 Å². The highest BCUT2D eigenvalue weighted by atomic mass is 16.5. The summed E-state index contributed by atoms with van der Waals surface area (Å²) in [6.07, 6.45) is 0. The van der Waals surface area contributed by atoms with E-state index in [1.165, 1.54) is 0 Å². The number of furan rings is 1. The van der Waals surface area contributed by atoms with Crippen LogP contribution in [0.15, 0.2) is 83.3 Å². The summed E-state index contributed by atoms with van der Waals surface area (Å²) in [6, 6.07) is 25.2. The number of carbonyl (C=O) groups is 1. The summed E-state index contributed by atoms with van der Waals surface area (Å²) in [5, 5.41) is 3.83. The van der Waals surface area contributed by atoms with E-state index >= 15 is 0 Å². The van der Waals surface area contributed by atoms with Gasteiger partial charge in [0.25, 0.3) is 5.91 Å². The number of carbonyl (C=O) groups excluding carboxylic acids is 1. The minimum absolute atomic E-state index is 0.243. The van der Waals surface area contributed by atoms with E-state index in [2.05, 4.69) is 5.32 Å². The Morgan fingerprint density at radius 1 is 0.963 bits per heavy atom. The van der Waals surface area contributed by atoms with E-state index in [9.17, 15) is 4.79 Å². The standard InChI is InChI=1S/C23H19NO3/c1-26-18-12-13-19-20(14-18)27-22(21(19)17-10-6-3-7-11-17)23(25)24-15-16-8-4-2-5-9-16/h2-14H,15H2,1H3,(H,24,25). The summed E-state index contributed by atoms with van der Waals surface area (Å²) in [4.78, 5) is 12.9. The van der Waals surface area contributed by atoms with Gasteiger partial charge in [0.05, 0.1) is 7.11 Å². The Bertz CT molecular complexity index is 1070. The fourth-order valence-electron chi connectivity index (χ4n) is 3.11. The molecule has 4 aromatic rings. The molecule has 1 aromatic heterocycles. The van der Waals surface area contributed by atoms with Crippen molar-refractivity contribution in [2.45, 2.75) is 6.54 Å². The second kappa shape index (κ2) is 7.38. The summed E-state index contributed by atoms with van der Waals surface area (Å²) >= 11 is 0. The fourth-order valence-corrected chi connectivity index (χ4v) is 3.11. The van der Waals surface area contributed by atoms with Gasteiger partial charge in [-0.05, 0) is 23.3 Å². The van der Waals surface area contributed by atoms with Crippen molar-refractivity contribution in [3.63, 3.8) is 0 Å². The quantitative estimate of drug-likeness (QED) is 0.544. The summed E-state index contributed by atoms with van der Waals surface area (Å²) in [6.45, 7) is 0.439. The molecule has 0 saturated carbocycles. The molecular formula is C23H19NO3. The third kappa shape index (κ3) is 3.42. The van der Waals surface area contributed by atoms with Gasteiger partial charge in [0, 0.05) is 23.6 Å². The minimum atomic E-state index is -0.243. The van der Waals surface area contributed by atoms with Crippen LogP contribution >= 0.6 is 0 Å². The number of fused-ring (bicyclic) bond motifs is 1. The molecule has 0 aliphatic rings. The van der Waals surface area contributed by atoms with E-state index in [-0.39, 0.29) is 5.91 Å². The van der Waals surface area contributed by atoms with Gasteiger partial charge in [-0.15, -0.1) is 0 Å². The van der Waals surface area contributed by atoms with Crippen molar-refractivity contribution < 1.29 is 13.9 Å². The summed E-state index contributed by atoms with van der Waals surface area (Å²) < 4.78 is 11.2. The van der Waals surface area contributed by atoms with Crippen molar-refractivity contribution in [1.29, 1.82) is 0 Å². The molecule has 0 radical (unpaired) electrons. The van der Waals surface area contributed by atoms with Crippen LogP contribution in [0.3, 0.4) is 0 Å². The van der Waals surface area contributed by atoms with Crippen LogP contribution in [0.1, 0.15) is 16.1 Å². The number of hydrogen-bond acceptors (Lipinski definition) is 3. The molecule has 1 heterocycles. The van der Waals surface area contributed by atoms with Gasteiger partial charge in [-0.25, -0.2) is 0 Å². The zero-order valence-corrected chi connectivity index (χ0v) is 14.9. The van der Waals surface area contributed by atoms with E-state index in [0.717, 1.165) is 22.1 Å². The first-order chi connectivity index (χ1) is 13.3. The minimum Gasteiger partial charge on any atom is -0.497 e. The molecular weight excluding hydrogens is 338 g/mol. The normalized spacial score (nSPS) is 10.7. The van der Waals surface area contributed by atoms with Gasteiger partial charge in [0.2, 0.25) is 5.76 Å². The Hall–Kier alpha value is -3.53. The fraction of sp³-hybridized carbons (Fsp3) is 0.0870. The molecule has 0 fully saturated rings. The van der Waals surface area contributed by atoms with Crippen molar-refractivity contribution in [1.82, 2.24) is 5.32 Å². The van der Waals surface area contributed by atoms with E-state index in [1.807, 2.05) is 72.8 Å². The molecule has 0 bridgehead atoms. The zero-order chi connectivity index (χ0) is 18.6. The SMILES string of the molecule is COc1ccc2c(-c3ccccc3)c(C(=O)NCc3ccccc3)oc2c1. The van der Waals surface area contributed by atoms with Gasteiger partial charge in [-0.1, -0.05) is 60.7 Å². The Kier molecular flexibility index (Phi) is 4.62.